The van der Waals surface area contributed by atoms with Gasteiger partial charge in [0.1, 0.15) is 5.52 Å². The standard InChI is InChI=1S/C23H25N7O2/c1-5-7-16(10-17(6-2)32-4)14-30-21-19(27-23(30)31)13-26-22(28-21)29(3)20-11-15(12-24)8-9-18(20)25/h5,7-11,13H,1,6,14,25H2,2-4H3,(H,27,31)/b16-7+,17-10+. The Labute approximate surface area is 185 Å². The summed E-state index contributed by atoms with van der Waals surface area (Å²) in [6.07, 6.45) is 7.63. The number of ether oxygens (including phenoxy) is 1. The molecule has 1 aromatic carbocycles. The Morgan fingerprint density at radius 3 is 2.91 bits per heavy atom. The number of methoxy groups -OCH3 is 1. The van der Waals surface area contributed by atoms with E-state index in [0.29, 0.717) is 40.5 Å². The van der Waals surface area contributed by atoms with E-state index in [0.717, 1.165) is 11.3 Å². The van der Waals surface area contributed by atoms with Crippen LogP contribution in [0.15, 0.2) is 65.3 Å². The zero-order chi connectivity index (χ0) is 23.3. The molecule has 0 saturated carbocycles. The lowest BCUT2D eigenvalue weighted by Gasteiger charge is -2.19. The number of anilines is 3. The number of aromatic amines is 1. The van der Waals surface area contributed by atoms with E-state index in [2.05, 4.69) is 27.6 Å². The minimum atomic E-state index is -0.307. The predicted octanol–water partition coefficient (Wildman–Crippen LogP) is 3.39. The number of benzene rings is 1. The highest BCUT2D eigenvalue weighted by molar-refractivity contribution is 5.76. The van der Waals surface area contributed by atoms with Crippen LogP contribution in [0, 0.1) is 11.3 Å². The third-order valence-electron chi connectivity index (χ3n) is 4.95. The Hall–Kier alpha value is -4.32. The summed E-state index contributed by atoms with van der Waals surface area (Å²) in [5.41, 5.74) is 9.12. The maximum atomic E-state index is 12.7. The molecule has 0 unspecified atom stereocenters. The third-order valence-corrected chi connectivity index (χ3v) is 4.95. The van der Waals surface area contributed by atoms with Gasteiger partial charge >= 0.3 is 5.69 Å². The normalized spacial score (nSPS) is 11.9. The van der Waals surface area contributed by atoms with Crippen molar-refractivity contribution in [2.24, 2.45) is 0 Å². The van der Waals surface area contributed by atoms with Gasteiger partial charge in [-0.15, -0.1) is 0 Å². The highest BCUT2D eigenvalue weighted by atomic mass is 16.5. The van der Waals surface area contributed by atoms with Crippen molar-refractivity contribution in [3.8, 4) is 6.07 Å². The molecule has 0 aliphatic rings. The van der Waals surface area contributed by atoms with Gasteiger partial charge in [-0.1, -0.05) is 25.7 Å². The second-order valence-electron chi connectivity index (χ2n) is 7.01. The van der Waals surface area contributed by atoms with Crippen molar-refractivity contribution >= 4 is 28.5 Å². The summed E-state index contributed by atoms with van der Waals surface area (Å²) in [6.45, 7) is 6.01. The fourth-order valence-corrected chi connectivity index (χ4v) is 3.25. The minimum Gasteiger partial charge on any atom is -0.501 e. The minimum absolute atomic E-state index is 0.268. The van der Waals surface area contributed by atoms with Crippen LogP contribution in [0.5, 0.6) is 0 Å². The molecule has 2 heterocycles. The summed E-state index contributed by atoms with van der Waals surface area (Å²) in [5.74, 6) is 1.12. The summed E-state index contributed by atoms with van der Waals surface area (Å²) < 4.78 is 6.89. The SMILES string of the molecule is C=C/C=C(\C=C(/CC)OC)Cn1c(=O)[nH]c2cnc(N(C)c3cc(C#N)ccc3N)nc21. The number of nitrogens with two attached hydrogens (primary N) is 1. The molecular weight excluding hydrogens is 406 g/mol. The lowest BCUT2D eigenvalue weighted by Crippen LogP contribution is -2.19. The van der Waals surface area contributed by atoms with Crippen molar-refractivity contribution in [3.05, 3.63) is 76.6 Å². The first-order valence-corrected chi connectivity index (χ1v) is 9.96. The predicted molar refractivity (Wildman–Crippen MR) is 125 cm³/mol. The summed E-state index contributed by atoms with van der Waals surface area (Å²) in [4.78, 5) is 26.1. The van der Waals surface area contributed by atoms with Crippen LogP contribution in [0.2, 0.25) is 0 Å². The number of allylic oxidation sites excluding steroid dienone is 5. The Morgan fingerprint density at radius 1 is 1.47 bits per heavy atom. The van der Waals surface area contributed by atoms with Gasteiger partial charge in [0.25, 0.3) is 0 Å². The van der Waals surface area contributed by atoms with Crippen LogP contribution in [0.1, 0.15) is 18.9 Å². The quantitative estimate of drug-likeness (QED) is 0.318. The fraction of sp³-hybridized carbons (Fsp3) is 0.217. The maximum absolute atomic E-state index is 12.7. The van der Waals surface area contributed by atoms with E-state index < -0.39 is 0 Å². The number of nitriles is 1. The second-order valence-corrected chi connectivity index (χ2v) is 7.01. The number of fused-ring (bicyclic) bond motifs is 1. The van der Waals surface area contributed by atoms with E-state index in [9.17, 15) is 10.1 Å². The maximum Gasteiger partial charge on any atom is 0.328 e. The van der Waals surface area contributed by atoms with E-state index in [1.165, 1.54) is 4.57 Å². The number of hydrogen-bond acceptors (Lipinski definition) is 7. The summed E-state index contributed by atoms with van der Waals surface area (Å²) in [5, 5.41) is 9.20. The number of nitrogens with zero attached hydrogens (tertiary/aromatic N) is 5. The molecule has 0 radical (unpaired) electrons. The molecule has 0 bridgehead atoms. The highest BCUT2D eigenvalue weighted by Gasteiger charge is 2.16. The lowest BCUT2D eigenvalue weighted by molar-refractivity contribution is 0.280. The number of rotatable bonds is 8. The van der Waals surface area contributed by atoms with E-state index >= 15 is 0 Å². The van der Waals surface area contributed by atoms with E-state index in [-0.39, 0.29) is 12.2 Å². The van der Waals surface area contributed by atoms with Crippen molar-refractivity contribution in [2.75, 3.05) is 24.8 Å². The molecule has 9 nitrogen and oxygen atoms in total. The summed E-state index contributed by atoms with van der Waals surface area (Å²) >= 11 is 0. The fourth-order valence-electron chi connectivity index (χ4n) is 3.25. The van der Waals surface area contributed by atoms with Gasteiger partial charge in [-0.05, 0) is 29.8 Å². The average molecular weight is 432 g/mol. The molecule has 164 valence electrons. The van der Waals surface area contributed by atoms with Crippen LogP contribution in [0.3, 0.4) is 0 Å². The monoisotopic (exact) mass is 431 g/mol. The second kappa shape index (κ2) is 9.66. The molecule has 32 heavy (non-hydrogen) atoms. The first-order chi connectivity index (χ1) is 15.4. The molecule has 9 heteroatoms. The molecular formula is C23H25N7O2. The lowest BCUT2D eigenvalue weighted by atomic mass is 10.2. The van der Waals surface area contributed by atoms with Crippen LogP contribution in [0.25, 0.3) is 11.2 Å². The van der Waals surface area contributed by atoms with Crippen molar-refractivity contribution in [1.82, 2.24) is 19.5 Å². The number of imidazole rings is 1. The van der Waals surface area contributed by atoms with Crippen molar-refractivity contribution in [2.45, 2.75) is 19.9 Å². The molecule has 0 saturated heterocycles. The Balaban J connectivity index is 2.06. The van der Waals surface area contributed by atoms with Gasteiger partial charge in [0, 0.05) is 13.5 Å². The molecule has 0 atom stereocenters. The van der Waals surface area contributed by atoms with Crippen molar-refractivity contribution < 1.29 is 4.74 Å². The van der Waals surface area contributed by atoms with Crippen LogP contribution in [-0.2, 0) is 11.3 Å². The van der Waals surface area contributed by atoms with E-state index in [1.54, 1.807) is 49.5 Å². The number of hydrogen-bond donors (Lipinski definition) is 2. The topological polar surface area (TPSA) is 126 Å². The Bertz CT molecular complexity index is 1300. The van der Waals surface area contributed by atoms with Crippen molar-refractivity contribution in [3.63, 3.8) is 0 Å². The van der Waals surface area contributed by atoms with Crippen LogP contribution < -0.4 is 16.3 Å². The van der Waals surface area contributed by atoms with Gasteiger partial charge in [0.05, 0.1) is 48.6 Å². The smallest absolute Gasteiger partial charge is 0.328 e. The average Bonchev–Trinajstić information content (AvgIpc) is 3.11. The molecule has 3 aromatic rings. The van der Waals surface area contributed by atoms with Gasteiger partial charge in [0.15, 0.2) is 5.65 Å². The Morgan fingerprint density at radius 2 is 2.25 bits per heavy atom. The summed E-state index contributed by atoms with van der Waals surface area (Å²) in [6, 6.07) is 7.07. The summed E-state index contributed by atoms with van der Waals surface area (Å²) in [7, 11) is 3.36. The molecule has 0 aliphatic carbocycles. The zero-order valence-corrected chi connectivity index (χ0v) is 18.3. The number of aromatic nitrogens is 4. The van der Waals surface area contributed by atoms with Gasteiger partial charge in [-0.25, -0.2) is 9.78 Å². The van der Waals surface area contributed by atoms with Gasteiger partial charge in [0.2, 0.25) is 5.95 Å². The number of nitrogens with one attached hydrogen (secondary N) is 1. The van der Waals surface area contributed by atoms with Gasteiger partial charge in [-0.3, -0.25) is 4.57 Å². The van der Waals surface area contributed by atoms with Crippen LogP contribution in [-0.4, -0.2) is 33.7 Å². The van der Waals surface area contributed by atoms with Gasteiger partial charge in [-0.2, -0.15) is 10.2 Å². The molecule has 0 fully saturated rings. The largest absolute Gasteiger partial charge is 0.501 e. The van der Waals surface area contributed by atoms with Gasteiger partial charge < -0.3 is 20.4 Å². The molecule has 0 spiro atoms. The van der Waals surface area contributed by atoms with Crippen LogP contribution in [0.4, 0.5) is 17.3 Å². The first kappa shape index (κ1) is 22.4. The Kier molecular flexibility index (Phi) is 6.75. The highest BCUT2D eigenvalue weighted by Crippen LogP contribution is 2.28. The molecule has 3 N–H and O–H groups in total. The van der Waals surface area contributed by atoms with Crippen molar-refractivity contribution in [1.29, 1.82) is 5.26 Å². The van der Waals surface area contributed by atoms with E-state index in [1.807, 2.05) is 19.1 Å². The van der Waals surface area contributed by atoms with E-state index in [4.69, 9.17) is 10.5 Å². The first-order valence-electron chi connectivity index (χ1n) is 9.96. The molecule has 3 rings (SSSR count). The third kappa shape index (κ3) is 4.54. The zero-order valence-electron chi connectivity index (χ0n) is 18.3. The van der Waals surface area contributed by atoms with Crippen LogP contribution >= 0.6 is 0 Å². The molecule has 0 aliphatic heterocycles. The molecule has 2 aromatic heterocycles. The number of nitrogen functional groups attached to an aromatic ring is 1. The number of H-pyrrole nitrogens is 1. The molecule has 0 amide bonds.